The van der Waals surface area contributed by atoms with E-state index in [1.165, 1.54) is 0 Å². The maximum absolute atomic E-state index is 13.5. The molecule has 0 saturated carbocycles. The second kappa shape index (κ2) is 8.74. The van der Waals surface area contributed by atoms with Crippen LogP contribution in [0.5, 0.6) is 0 Å². The fourth-order valence-electron chi connectivity index (χ4n) is 5.42. The Labute approximate surface area is 208 Å². The minimum Gasteiger partial charge on any atom is -0.371 e. The Morgan fingerprint density at radius 1 is 1.08 bits per heavy atom. The van der Waals surface area contributed by atoms with Gasteiger partial charge in [0.05, 0.1) is 36.3 Å². The molecule has 186 valence electrons. The number of hydrogen-bond donors (Lipinski definition) is 2. The minimum atomic E-state index is -0.356. The molecule has 3 aliphatic heterocycles. The highest BCUT2D eigenvalue weighted by Gasteiger charge is 2.51. The number of carbonyl (C=O) groups is 3. The molecule has 2 aromatic carbocycles. The van der Waals surface area contributed by atoms with Gasteiger partial charge < -0.3 is 19.5 Å². The standard InChI is InChI=1S/C27H29N5O4/c1-17-6-2-3-12-28-23(33)18-7-4-8-19(14-18)24(34)30-26-29-21-10-5-9-20(22(21)32(17)26)25(35)31-15-27(16-31)11-13-36-27/h4-5,7-10,14,17H,2-3,6,11-13,15-16H2,1H3,(H,28,33)(H,29,30,34)/t17-/m1/s1. The zero-order chi connectivity index (χ0) is 24.9. The molecule has 1 spiro atoms. The highest BCUT2D eigenvalue weighted by molar-refractivity contribution is 6.08. The molecule has 4 heterocycles. The fraction of sp³-hybridized carbons (Fsp3) is 0.407. The lowest BCUT2D eigenvalue weighted by atomic mass is 9.85. The molecule has 2 N–H and O–H groups in total. The molecular formula is C27H29N5O4. The van der Waals surface area contributed by atoms with Gasteiger partial charge in [-0.2, -0.15) is 0 Å². The molecule has 3 amide bonds. The number of benzene rings is 2. The summed E-state index contributed by atoms with van der Waals surface area (Å²) in [4.78, 5) is 45.8. The van der Waals surface area contributed by atoms with Crippen LogP contribution in [0.3, 0.4) is 0 Å². The highest BCUT2D eigenvalue weighted by atomic mass is 16.5. The lowest BCUT2D eigenvalue weighted by molar-refractivity contribution is -0.209. The summed E-state index contributed by atoms with van der Waals surface area (Å²) >= 11 is 0. The predicted molar refractivity (Wildman–Crippen MR) is 134 cm³/mol. The van der Waals surface area contributed by atoms with E-state index in [4.69, 9.17) is 9.72 Å². The lowest BCUT2D eigenvalue weighted by Gasteiger charge is -2.55. The molecule has 0 radical (unpaired) electrons. The summed E-state index contributed by atoms with van der Waals surface area (Å²) in [6.07, 6.45) is 3.49. The van der Waals surface area contributed by atoms with Crippen LogP contribution in [0.1, 0.15) is 69.7 Å². The van der Waals surface area contributed by atoms with Crippen molar-refractivity contribution < 1.29 is 19.1 Å². The van der Waals surface area contributed by atoms with Gasteiger partial charge in [0, 0.05) is 30.1 Å². The number of anilines is 1. The van der Waals surface area contributed by atoms with Gasteiger partial charge >= 0.3 is 0 Å². The van der Waals surface area contributed by atoms with Crippen LogP contribution in [0.25, 0.3) is 11.0 Å². The number of para-hydroxylation sites is 1. The first-order valence-corrected chi connectivity index (χ1v) is 12.6. The number of amides is 3. The molecule has 2 fully saturated rings. The van der Waals surface area contributed by atoms with Crippen LogP contribution in [0.15, 0.2) is 42.5 Å². The first-order valence-electron chi connectivity index (χ1n) is 12.6. The SMILES string of the molecule is C[C@@H]1CCCCNC(=O)c2cccc(c2)C(=O)Nc2nc3cccc(C(=O)N4CC5(CCO5)C4)c3n21. The average molecular weight is 488 g/mol. The number of imidazole rings is 1. The van der Waals surface area contributed by atoms with Crippen LogP contribution >= 0.6 is 0 Å². The van der Waals surface area contributed by atoms with Crippen LogP contribution in [0.2, 0.25) is 0 Å². The molecular weight excluding hydrogens is 458 g/mol. The molecule has 2 bridgehead atoms. The number of fused-ring (bicyclic) bond motifs is 5. The minimum absolute atomic E-state index is 0.0260. The first-order chi connectivity index (χ1) is 17.4. The third kappa shape index (κ3) is 3.83. The number of carbonyl (C=O) groups excluding carboxylic acids is 3. The Kier molecular flexibility index (Phi) is 5.52. The van der Waals surface area contributed by atoms with E-state index in [-0.39, 0.29) is 29.4 Å². The van der Waals surface area contributed by atoms with E-state index >= 15 is 0 Å². The smallest absolute Gasteiger partial charge is 0.257 e. The average Bonchev–Trinajstić information content (AvgIpc) is 3.19. The van der Waals surface area contributed by atoms with Crippen molar-refractivity contribution in [2.75, 3.05) is 31.6 Å². The molecule has 1 aromatic heterocycles. The number of ether oxygens (including phenoxy) is 1. The maximum Gasteiger partial charge on any atom is 0.257 e. The van der Waals surface area contributed by atoms with E-state index < -0.39 is 0 Å². The summed E-state index contributed by atoms with van der Waals surface area (Å²) in [5.74, 6) is -0.190. The highest BCUT2D eigenvalue weighted by Crippen LogP contribution is 2.38. The summed E-state index contributed by atoms with van der Waals surface area (Å²) in [7, 11) is 0. The molecule has 3 aromatic rings. The van der Waals surface area contributed by atoms with Crippen molar-refractivity contribution in [3.8, 4) is 0 Å². The van der Waals surface area contributed by atoms with Gasteiger partial charge in [-0.25, -0.2) is 4.98 Å². The van der Waals surface area contributed by atoms with Crippen LogP contribution in [0.4, 0.5) is 5.95 Å². The van der Waals surface area contributed by atoms with Crippen molar-refractivity contribution in [3.63, 3.8) is 0 Å². The van der Waals surface area contributed by atoms with Gasteiger partial charge in [0.25, 0.3) is 17.7 Å². The van der Waals surface area contributed by atoms with Crippen LogP contribution in [-0.2, 0) is 4.74 Å². The lowest BCUT2D eigenvalue weighted by Crippen LogP contribution is -2.69. The van der Waals surface area contributed by atoms with E-state index in [1.54, 1.807) is 24.3 Å². The second-order valence-electron chi connectivity index (χ2n) is 10.1. The van der Waals surface area contributed by atoms with Crippen molar-refractivity contribution in [1.29, 1.82) is 0 Å². The van der Waals surface area contributed by atoms with E-state index in [2.05, 4.69) is 17.6 Å². The third-order valence-electron chi connectivity index (χ3n) is 7.54. The van der Waals surface area contributed by atoms with E-state index in [9.17, 15) is 14.4 Å². The number of aromatic nitrogens is 2. The maximum atomic E-state index is 13.5. The van der Waals surface area contributed by atoms with Crippen molar-refractivity contribution in [2.45, 2.75) is 44.2 Å². The molecule has 1 atom stereocenters. The quantitative estimate of drug-likeness (QED) is 0.548. The van der Waals surface area contributed by atoms with E-state index in [0.29, 0.717) is 47.8 Å². The van der Waals surface area contributed by atoms with Gasteiger partial charge in [-0.15, -0.1) is 0 Å². The number of likely N-dealkylation sites (tertiary alicyclic amines) is 1. The summed E-state index contributed by atoms with van der Waals surface area (Å²) in [6.45, 7) is 4.61. The van der Waals surface area contributed by atoms with Crippen molar-refractivity contribution in [1.82, 2.24) is 19.8 Å². The van der Waals surface area contributed by atoms with Crippen LogP contribution in [0, 0.1) is 0 Å². The Bertz CT molecular complexity index is 1370. The zero-order valence-electron chi connectivity index (χ0n) is 20.3. The van der Waals surface area contributed by atoms with Gasteiger partial charge in [-0.05, 0) is 56.5 Å². The number of nitrogens with zero attached hydrogens (tertiary/aromatic N) is 3. The van der Waals surface area contributed by atoms with Crippen molar-refractivity contribution >= 4 is 34.7 Å². The van der Waals surface area contributed by atoms with E-state index in [1.807, 2.05) is 27.7 Å². The van der Waals surface area contributed by atoms with Crippen molar-refractivity contribution in [2.24, 2.45) is 0 Å². The van der Waals surface area contributed by atoms with Gasteiger partial charge in [0.1, 0.15) is 5.60 Å². The third-order valence-corrected chi connectivity index (χ3v) is 7.54. The zero-order valence-corrected chi connectivity index (χ0v) is 20.3. The normalized spacial score (nSPS) is 21.6. The number of nitrogens with one attached hydrogen (secondary N) is 2. The topological polar surface area (TPSA) is 106 Å². The van der Waals surface area contributed by atoms with Crippen LogP contribution < -0.4 is 10.6 Å². The molecule has 0 aliphatic carbocycles. The largest absolute Gasteiger partial charge is 0.371 e. The van der Waals surface area contributed by atoms with Crippen LogP contribution in [-0.4, -0.2) is 64.0 Å². The Morgan fingerprint density at radius 3 is 2.58 bits per heavy atom. The molecule has 0 unspecified atom stereocenters. The number of rotatable bonds is 1. The Balaban J connectivity index is 1.40. The molecule has 9 nitrogen and oxygen atoms in total. The van der Waals surface area contributed by atoms with Gasteiger partial charge in [-0.3, -0.25) is 19.7 Å². The molecule has 36 heavy (non-hydrogen) atoms. The molecule has 2 saturated heterocycles. The Hall–Kier alpha value is -3.72. The first kappa shape index (κ1) is 22.7. The van der Waals surface area contributed by atoms with E-state index in [0.717, 1.165) is 37.8 Å². The second-order valence-corrected chi connectivity index (χ2v) is 10.1. The Morgan fingerprint density at radius 2 is 1.83 bits per heavy atom. The predicted octanol–water partition coefficient (Wildman–Crippen LogP) is 3.38. The summed E-state index contributed by atoms with van der Waals surface area (Å²) in [6, 6.07) is 12.2. The summed E-state index contributed by atoms with van der Waals surface area (Å²) < 4.78 is 7.69. The molecule has 6 rings (SSSR count). The van der Waals surface area contributed by atoms with Crippen molar-refractivity contribution in [3.05, 3.63) is 59.2 Å². The summed E-state index contributed by atoms with van der Waals surface area (Å²) in [5.41, 5.74) is 2.64. The number of hydrogen-bond acceptors (Lipinski definition) is 5. The van der Waals surface area contributed by atoms with Gasteiger partial charge in [0.15, 0.2) is 0 Å². The van der Waals surface area contributed by atoms with Gasteiger partial charge in [-0.1, -0.05) is 12.1 Å². The molecule has 3 aliphatic rings. The fourth-order valence-corrected chi connectivity index (χ4v) is 5.42. The summed E-state index contributed by atoms with van der Waals surface area (Å²) in [5, 5.41) is 5.88. The van der Waals surface area contributed by atoms with Gasteiger partial charge in [0.2, 0.25) is 5.95 Å². The molecule has 9 heteroatoms. The monoisotopic (exact) mass is 487 g/mol.